The summed E-state index contributed by atoms with van der Waals surface area (Å²) < 4.78 is 6.03. The standard InChI is InChI=1S/C18H21ClN2O2S/c19-14-2-1-3-16(6-14)23-18-5-13-8-21(7-12(13)4-17(18)22)9-15-10-24-11-20-15/h1-3,6,10-13,17-18,22H,4-5,7-9H2/t12-,13+,17+,18+/m0/s1. The smallest absolute Gasteiger partial charge is 0.125 e. The molecule has 4 rings (SSSR count). The molecule has 0 radical (unpaired) electrons. The number of aromatic nitrogens is 1. The van der Waals surface area contributed by atoms with Crippen molar-refractivity contribution < 1.29 is 9.84 Å². The zero-order valence-electron chi connectivity index (χ0n) is 13.3. The van der Waals surface area contributed by atoms with Crippen LogP contribution in [0.15, 0.2) is 35.2 Å². The molecular formula is C18H21ClN2O2S. The van der Waals surface area contributed by atoms with E-state index in [1.54, 1.807) is 11.3 Å². The molecular weight excluding hydrogens is 344 g/mol. The minimum atomic E-state index is -0.413. The number of hydrogen-bond acceptors (Lipinski definition) is 5. The molecule has 6 heteroatoms. The molecule has 128 valence electrons. The number of likely N-dealkylation sites (tertiary alicyclic amines) is 1. The number of halogens is 1. The van der Waals surface area contributed by atoms with Crippen LogP contribution in [0, 0.1) is 11.8 Å². The Labute approximate surface area is 151 Å². The van der Waals surface area contributed by atoms with Crippen molar-refractivity contribution in [3.63, 3.8) is 0 Å². The van der Waals surface area contributed by atoms with Gasteiger partial charge in [0.15, 0.2) is 0 Å². The average molecular weight is 365 g/mol. The van der Waals surface area contributed by atoms with E-state index in [9.17, 15) is 5.11 Å². The number of fused-ring (bicyclic) bond motifs is 1. The summed E-state index contributed by atoms with van der Waals surface area (Å²) in [5.41, 5.74) is 3.03. The molecule has 0 spiro atoms. The second-order valence-corrected chi connectivity index (χ2v) is 8.00. The summed E-state index contributed by atoms with van der Waals surface area (Å²) in [6.07, 6.45) is 1.14. The summed E-state index contributed by atoms with van der Waals surface area (Å²) in [5.74, 6) is 1.87. The van der Waals surface area contributed by atoms with Crippen molar-refractivity contribution in [1.29, 1.82) is 0 Å². The minimum absolute atomic E-state index is 0.149. The number of aliphatic hydroxyl groups is 1. The number of nitrogens with zero attached hydrogens (tertiary/aromatic N) is 2. The predicted molar refractivity (Wildman–Crippen MR) is 95.5 cm³/mol. The highest BCUT2D eigenvalue weighted by atomic mass is 35.5. The Balaban J connectivity index is 1.38. The van der Waals surface area contributed by atoms with Gasteiger partial charge in [-0.3, -0.25) is 4.90 Å². The Morgan fingerprint density at radius 1 is 1.29 bits per heavy atom. The van der Waals surface area contributed by atoms with E-state index in [-0.39, 0.29) is 6.10 Å². The van der Waals surface area contributed by atoms with Gasteiger partial charge in [-0.2, -0.15) is 0 Å². The average Bonchev–Trinajstić information content (AvgIpc) is 3.17. The van der Waals surface area contributed by atoms with Crippen molar-refractivity contribution in [2.24, 2.45) is 11.8 Å². The van der Waals surface area contributed by atoms with E-state index in [4.69, 9.17) is 16.3 Å². The van der Waals surface area contributed by atoms with Crippen LogP contribution in [0.4, 0.5) is 0 Å². The quantitative estimate of drug-likeness (QED) is 0.902. The van der Waals surface area contributed by atoms with Crippen molar-refractivity contribution in [3.05, 3.63) is 45.9 Å². The topological polar surface area (TPSA) is 45.6 Å². The van der Waals surface area contributed by atoms with Gasteiger partial charge < -0.3 is 9.84 Å². The number of hydrogen-bond donors (Lipinski definition) is 1. The lowest BCUT2D eigenvalue weighted by Crippen LogP contribution is -2.42. The molecule has 1 saturated heterocycles. The molecule has 2 fully saturated rings. The fraction of sp³-hybridized carbons (Fsp3) is 0.500. The molecule has 1 aromatic heterocycles. The van der Waals surface area contributed by atoms with Crippen molar-refractivity contribution >= 4 is 22.9 Å². The van der Waals surface area contributed by atoms with Gasteiger partial charge in [-0.15, -0.1) is 11.3 Å². The Morgan fingerprint density at radius 3 is 2.88 bits per heavy atom. The zero-order valence-corrected chi connectivity index (χ0v) is 14.9. The van der Waals surface area contributed by atoms with Gasteiger partial charge in [-0.05, 0) is 42.9 Å². The molecule has 1 aliphatic carbocycles. The van der Waals surface area contributed by atoms with Gasteiger partial charge in [0.2, 0.25) is 0 Å². The molecule has 0 bridgehead atoms. The largest absolute Gasteiger partial charge is 0.488 e. The van der Waals surface area contributed by atoms with Crippen LogP contribution in [0.25, 0.3) is 0 Å². The second kappa shape index (κ2) is 7.00. The number of benzene rings is 1. The molecule has 2 aromatic rings. The van der Waals surface area contributed by atoms with E-state index in [1.807, 2.05) is 29.8 Å². The van der Waals surface area contributed by atoms with Gasteiger partial charge in [-0.25, -0.2) is 4.98 Å². The van der Waals surface area contributed by atoms with Crippen LogP contribution < -0.4 is 4.74 Å². The summed E-state index contributed by atoms with van der Waals surface area (Å²) in [6, 6.07) is 7.41. The molecule has 0 amide bonds. The van der Waals surface area contributed by atoms with Crippen LogP contribution >= 0.6 is 22.9 Å². The number of aliphatic hydroxyl groups excluding tert-OH is 1. The highest BCUT2D eigenvalue weighted by Gasteiger charge is 2.42. The van der Waals surface area contributed by atoms with Gasteiger partial charge in [0.05, 0.1) is 17.3 Å². The van der Waals surface area contributed by atoms with Crippen molar-refractivity contribution in [2.45, 2.75) is 31.6 Å². The third kappa shape index (κ3) is 3.59. The molecule has 4 atom stereocenters. The summed E-state index contributed by atoms with van der Waals surface area (Å²) in [5, 5.41) is 13.3. The van der Waals surface area contributed by atoms with Crippen LogP contribution in [0.5, 0.6) is 5.75 Å². The Morgan fingerprint density at radius 2 is 2.12 bits per heavy atom. The Bertz CT molecular complexity index is 681. The van der Waals surface area contributed by atoms with Gasteiger partial charge in [-0.1, -0.05) is 17.7 Å². The first-order valence-corrected chi connectivity index (χ1v) is 9.69. The van der Waals surface area contributed by atoms with Crippen LogP contribution in [0.1, 0.15) is 18.5 Å². The zero-order chi connectivity index (χ0) is 16.5. The normalized spacial score (nSPS) is 30.2. The lowest BCUT2D eigenvalue weighted by atomic mass is 9.78. The molecule has 2 aliphatic rings. The molecule has 1 aliphatic heterocycles. The summed E-state index contributed by atoms with van der Waals surface area (Å²) in [4.78, 5) is 6.84. The number of thiazole rings is 1. The summed E-state index contributed by atoms with van der Waals surface area (Å²) >= 11 is 7.66. The van der Waals surface area contributed by atoms with E-state index in [2.05, 4.69) is 15.3 Å². The maximum absolute atomic E-state index is 10.5. The molecule has 1 saturated carbocycles. The molecule has 0 unspecified atom stereocenters. The molecule has 4 nitrogen and oxygen atoms in total. The van der Waals surface area contributed by atoms with Gasteiger partial charge in [0.25, 0.3) is 0 Å². The van der Waals surface area contributed by atoms with Gasteiger partial charge >= 0.3 is 0 Å². The summed E-state index contributed by atoms with van der Waals surface area (Å²) in [6.45, 7) is 3.01. The second-order valence-electron chi connectivity index (χ2n) is 6.85. The fourth-order valence-corrected chi connectivity index (χ4v) is 4.73. The van der Waals surface area contributed by atoms with E-state index in [1.165, 1.54) is 0 Å². The lowest BCUT2D eigenvalue weighted by Gasteiger charge is -2.35. The molecule has 1 N–H and O–H groups in total. The van der Waals surface area contributed by atoms with Gasteiger partial charge in [0, 0.05) is 30.0 Å². The first-order chi connectivity index (χ1) is 11.7. The predicted octanol–water partition coefficient (Wildman–Crippen LogP) is 3.45. The van der Waals surface area contributed by atoms with E-state index in [0.29, 0.717) is 16.9 Å². The van der Waals surface area contributed by atoms with E-state index in [0.717, 1.165) is 43.9 Å². The maximum Gasteiger partial charge on any atom is 0.125 e. The third-order valence-corrected chi connectivity index (χ3v) is 5.98. The van der Waals surface area contributed by atoms with Crippen molar-refractivity contribution in [3.8, 4) is 5.75 Å². The minimum Gasteiger partial charge on any atom is -0.488 e. The van der Waals surface area contributed by atoms with Crippen LogP contribution in [-0.4, -0.2) is 40.3 Å². The van der Waals surface area contributed by atoms with Crippen LogP contribution in [0.2, 0.25) is 5.02 Å². The lowest BCUT2D eigenvalue weighted by molar-refractivity contribution is -0.0231. The van der Waals surface area contributed by atoms with Crippen molar-refractivity contribution in [1.82, 2.24) is 9.88 Å². The first-order valence-electron chi connectivity index (χ1n) is 8.37. The van der Waals surface area contributed by atoms with E-state index < -0.39 is 6.10 Å². The summed E-state index contributed by atoms with van der Waals surface area (Å²) in [7, 11) is 0. The third-order valence-electron chi connectivity index (χ3n) is 5.11. The molecule has 1 aromatic carbocycles. The monoisotopic (exact) mass is 364 g/mol. The molecule has 24 heavy (non-hydrogen) atoms. The molecule has 2 heterocycles. The SMILES string of the molecule is O[C@@H]1C[C@H]2CN(Cc3cscn3)C[C@H]2C[C@H]1Oc1cccc(Cl)c1. The Hall–Kier alpha value is -1.14. The van der Waals surface area contributed by atoms with Crippen LogP contribution in [-0.2, 0) is 6.54 Å². The highest BCUT2D eigenvalue weighted by Crippen LogP contribution is 2.38. The Kier molecular flexibility index (Phi) is 4.77. The fourth-order valence-electron chi connectivity index (χ4n) is 4.00. The maximum atomic E-state index is 10.5. The number of ether oxygens (including phenoxy) is 1. The highest BCUT2D eigenvalue weighted by molar-refractivity contribution is 7.07. The number of rotatable bonds is 4. The van der Waals surface area contributed by atoms with Crippen LogP contribution in [0.3, 0.4) is 0 Å². The van der Waals surface area contributed by atoms with E-state index >= 15 is 0 Å². The van der Waals surface area contributed by atoms with Crippen molar-refractivity contribution in [2.75, 3.05) is 13.1 Å². The first kappa shape index (κ1) is 16.3. The van der Waals surface area contributed by atoms with Gasteiger partial charge in [0.1, 0.15) is 11.9 Å².